The zero-order chi connectivity index (χ0) is 13.1. The standard InChI is InChI=1S/C16H23NO/c1-4-7-14(17)15-10-12-8-6-9-13(11(3)5-2)16(12)18-15/h6,8-11,14H,4-5,7,17H2,1-3H3. The molecule has 1 aromatic carbocycles. The minimum Gasteiger partial charge on any atom is -0.459 e. The van der Waals surface area contributed by atoms with Crippen LogP contribution < -0.4 is 5.73 Å². The number of hydrogen-bond acceptors (Lipinski definition) is 2. The highest BCUT2D eigenvalue weighted by molar-refractivity contribution is 5.81. The Labute approximate surface area is 109 Å². The van der Waals surface area contributed by atoms with Gasteiger partial charge in [0.25, 0.3) is 0 Å². The Bertz CT molecular complexity index is 515. The molecule has 2 rings (SSSR count). The van der Waals surface area contributed by atoms with Crippen LogP contribution in [0, 0.1) is 0 Å². The maximum absolute atomic E-state index is 6.13. The lowest BCUT2D eigenvalue weighted by atomic mass is 9.97. The van der Waals surface area contributed by atoms with Crippen LogP contribution in [0.4, 0.5) is 0 Å². The molecule has 1 heterocycles. The molecule has 2 unspecified atom stereocenters. The molecule has 0 aliphatic heterocycles. The smallest absolute Gasteiger partial charge is 0.137 e. The van der Waals surface area contributed by atoms with E-state index in [4.69, 9.17) is 10.2 Å². The Balaban J connectivity index is 2.44. The average Bonchev–Trinajstić information content (AvgIpc) is 2.81. The minimum atomic E-state index is 0.0205. The quantitative estimate of drug-likeness (QED) is 0.825. The molecule has 0 radical (unpaired) electrons. The van der Waals surface area contributed by atoms with Crippen molar-refractivity contribution in [3.8, 4) is 0 Å². The van der Waals surface area contributed by atoms with Crippen molar-refractivity contribution in [2.24, 2.45) is 5.73 Å². The van der Waals surface area contributed by atoms with E-state index in [0.717, 1.165) is 30.6 Å². The third kappa shape index (κ3) is 2.44. The molecule has 2 N–H and O–H groups in total. The van der Waals surface area contributed by atoms with E-state index in [1.165, 1.54) is 10.9 Å². The predicted molar refractivity (Wildman–Crippen MR) is 76.8 cm³/mol. The van der Waals surface area contributed by atoms with Gasteiger partial charge in [-0.2, -0.15) is 0 Å². The van der Waals surface area contributed by atoms with Crippen LogP contribution in [0.3, 0.4) is 0 Å². The van der Waals surface area contributed by atoms with Crippen molar-refractivity contribution in [3.05, 3.63) is 35.6 Å². The fourth-order valence-corrected chi connectivity index (χ4v) is 2.35. The maximum Gasteiger partial charge on any atom is 0.137 e. The summed E-state index contributed by atoms with van der Waals surface area (Å²) in [7, 11) is 0. The van der Waals surface area contributed by atoms with E-state index in [1.54, 1.807) is 0 Å². The summed E-state index contributed by atoms with van der Waals surface area (Å²) in [6.07, 6.45) is 3.17. The monoisotopic (exact) mass is 245 g/mol. The van der Waals surface area contributed by atoms with Gasteiger partial charge in [0.1, 0.15) is 11.3 Å². The first-order valence-corrected chi connectivity index (χ1v) is 6.95. The highest BCUT2D eigenvalue weighted by atomic mass is 16.3. The van der Waals surface area contributed by atoms with E-state index in [9.17, 15) is 0 Å². The number of benzene rings is 1. The molecule has 0 spiro atoms. The molecule has 2 atom stereocenters. The van der Waals surface area contributed by atoms with Gasteiger partial charge in [0.2, 0.25) is 0 Å². The molecule has 0 aliphatic carbocycles. The Morgan fingerprint density at radius 3 is 2.72 bits per heavy atom. The van der Waals surface area contributed by atoms with Crippen LogP contribution in [0.5, 0.6) is 0 Å². The van der Waals surface area contributed by atoms with Crippen molar-refractivity contribution < 1.29 is 4.42 Å². The molecule has 2 nitrogen and oxygen atoms in total. The molecule has 2 aromatic rings. The molecule has 0 bridgehead atoms. The molecule has 0 amide bonds. The third-order valence-corrected chi connectivity index (χ3v) is 3.70. The average molecular weight is 245 g/mol. The number of hydrogen-bond donors (Lipinski definition) is 1. The molecule has 0 aliphatic rings. The summed E-state index contributed by atoms with van der Waals surface area (Å²) in [5.74, 6) is 1.44. The van der Waals surface area contributed by atoms with Gasteiger partial charge in [-0.3, -0.25) is 0 Å². The van der Waals surface area contributed by atoms with E-state index < -0.39 is 0 Å². The lowest BCUT2D eigenvalue weighted by Gasteiger charge is -2.09. The summed E-state index contributed by atoms with van der Waals surface area (Å²) in [4.78, 5) is 0. The molecular weight excluding hydrogens is 222 g/mol. The van der Waals surface area contributed by atoms with Crippen molar-refractivity contribution in [2.45, 2.75) is 52.0 Å². The van der Waals surface area contributed by atoms with E-state index in [-0.39, 0.29) is 6.04 Å². The highest BCUT2D eigenvalue weighted by Gasteiger charge is 2.15. The lowest BCUT2D eigenvalue weighted by molar-refractivity contribution is 0.472. The van der Waals surface area contributed by atoms with Crippen molar-refractivity contribution in [2.75, 3.05) is 0 Å². The van der Waals surface area contributed by atoms with E-state index in [1.807, 2.05) is 0 Å². The molecule has 0 saturated heterocycles. The summed E-state index contributed by atoms with van der Waals surface area (Å²) >= 11 is 0. The molecule has 18 heavy (non-hydrogen) atoms. The van der Waals surface area contributed by atoms with Gasteiger partial charge in [0.15, 0.2) is 0 Å². The third-order valence-electron chi connectivity index (χ3n) is 3.70. The first-order chi connectivity index (χ1) is 8.67. The van der Waals surface area contributed by atoms with Crippen LogP contribution in [0.1, 0.15) is 63.3 Å². The van der Waals surface area contributed by atoms with Crippen LogP contribution in [0.25, 0.3) is 11.0 Å². The van der Waals surface area contributed by atoms with Gasteiger partial charge in [0.05, 0.1) is 6.04 Å². The van der Waals surface area contributed by atoms with Crippen molar-refractivity contribution in [1.82, 2.24) is 0 Å². The topological polar surface area (TPSA) is 39.2 Å². The molecular formula is C16H23NO. The normalized spacial score (nSPS) is 14.9. The number of nitrogens with two attached hydrogens (primary N) is 1. The van der Waals surface area contributed by atoms with Gasteiger partial charge in [-0.1, -0.05) is 45.4 Å². The van der Waals surface area contributed by atoms with Crippen molar-refractivity contribution >= 4 is 11.0 Å². The zero-order valence-electron chi connectivity index (χ0n) is 11.6. The van der Waals surface area contributed by atoms with E-state index in [0.29, 0.717) is 5.92 Å². The summed E-state index contributed by atoms with van der Waals surface area (Å²) in [6.45, 7) is 6.59. The zero-order valence-corrected chi connectivity index (χ0v) is 11.6. The van der Waals surface area contributed by atoms with Gasteiger partial charge in [-0.25, -0.2) is 0 Å². The molecule has 1 aromatic heterocycles. The number of furan rings is 1. The number of fused-ring (bicyclic) bond motifs is 1. The Kier molecular flexibility index (Phi) is 4.07. The largest absolute Gasteiger partial charge is 0.459 e. The lowest BCUT2D eigenvalue weighted by Crippen LogP contribution is -2.08. The SMILES string of the molecule is CCCC(N)c1cc2cccc(C(C)CC)c2o1. The predicted octanol–water partition coefficient (Wildman–Crippen LogP) is 4.75. The summed E-state index contributed by atoms with van der Waals surface area (Å²) in [6, 6.07) is 8.49. The second-order valence-electron chi connectivity index (χ2n) is 5.12. The summed E-state index contributed by atoms with van der Waals surface area (Å²) < 4.78 is 6.01. The molecule has 0 fully saturated rings. The van der Waals surface area contributed by atoms with Gasteiger partial charge in [-0.05, 0) is 30.4 Å². The van der Waals surface area contributed by atoms with Crippen LogP contribution >= 0.6 is 0 Å². The first-order valence-electron chi connectivity index (χ1n) is 6.95. The molecule has 2 heteroatoms. The Hall–Kier alpha value is -1.28. The Morgan fingerprint density at radius 1 is 1.28 bits per heavy atom. The van der Waals surface area contributed by atoms with E-state index >= 15 is 0 Å². The van der Waals surface area contributed by atoms with Crippen molar-refractivity contribution in [1.29, 1.82) is 0 Å². The van der Waals surface area contributed by atoms with Gasteiger partial charge >= 0.3 is 0 Å². The van der Waals surface area contributed by atoms with Crippen LogP contribution in [-0.4, -0.2) is 0 Å². The fourth-order valence-electron chi connectivity index (χ4n) is 2.35. The van der Waals surface area contributed by atoms with Crippen LogP contribution in [0.2, 0.25) is 0 Å². The molecule has 98 valence electrons. The Morgan fingerprint density at radius 2 is 2.06 bits per heavy atom. The minimum absolute atomic E-state index is 0.0205. The summed E-state index contributed by atoms with van der Waals surface area (Å²) in [5, 5.41) is 1.18. The van der Waals surface area contributed by atoms with Gasteiger partial charge in [-0.15, -0.1) is 0 Å². The molecule has 0 saturated carbocycles. The fraction of sp³-hybridized carbons (Fsp3) is 0.500. The number of rotatable bonds is 5. The van der Waals surface area contributed by atoms with E-state index in [2.05, 4.69) is 45.0 Å². The second-order valence-corrected chi connectivity index (χ2v) is 5.12. The number of para-hydroxylation sites is 1. The van der Waals surface area contributed by atoms with Crippen molar-refractivity contribution in [3.63, 3.8) is 0 Å². The van der Waals surface area contributed by atoms with Gasteiger partial charge in [0, 0.05) is 5.39 Å². The maximum atomic E-state index is 6.13. The van der Waals surface area contributed by atoms with Crippen LogP contribution in [-0.2, 0) is 0 Å². The van der Waals surface area contributed by atoms with Gasteiger partial charge < -0.3 is 10.2 Å². The van der Waals surface area contributed by atoms with Crippen LogP contribution in [0.15, 0.2) is 28.7 Å². The highest BCUT2D eigenvalue weighted by Crippen LogP contribution is 2.32. The first kappa shape index (κ1) is 13.2. The second kappa shape index (κ2) is 5.57. The summed E-state index contributed by atoms with van der Waals surface area (Å²) in [5.41, 5.74) is 8.45.